The highest BCUT2D eigenvalue weighted by Gasteiger charge is 2.31. The number of halogens is 3. The maximum atomic E-state index is 13.0. The molecule has 0 saturated heterocycles. The monoisotopic (exact) mass is 382 g/mol. The summed E-state index contributed by atoms with van der Waals surface area (Å²) in [5.41, 5.74) is 0.391. The molecule has 0 aliphatic heterocycles. The number of carbonyl (C=O) groups is 1. The first-order chi connectivity index (χ1) is 12.7. The molecule has 5 nitrogen and oxygen atoms in total. The van der Waals surface area contributed by atoms with Crippen LogP contribution < -0.4 is 19.7 Å². The zero-order chi connectivity index (χ0) is 20.2. The van der Waals surface area contributed by atoms with Gasteiger partial charge in [0.05, 0.1) is 37.6 Å². The van der Waals surface area contributed by atoms with Gasteiger partial charge in [-0.15, -0.1) is 0 Å². The van der Waals surface area contributed by atoms with Crippen molar-refractivity contribution in [3.63, 3.8) is 0 Å². The molecule has 0 aromatic heterocycles. The third-order valence-electron chi connectivity index (χ3n) is 3.89. The molecule has 8 heteroatoms. The highest BCUT2D eigenvalue weighted by molar-refractivity contribution is 5.95. The van der Waals surface area contributed by atoms with Gasteiger partial charge >= 0.3 is 6.18 Å². The van der Waals surface area contributed by atoms with E-state index >= 15 is 0 Å². The summed E-state index contributed by atoms with van der Waals surface area (Å²) >= 11 is 0. The zero-order valence-electron chi connectivity index (χ0n) is 15.5. The van der Waals surface area contributed by atoms with Gasteiger partial charge in [0.1, 0.15) is 0 Å². The molecule has 0 spiro atoms. The maximum Gasteiger partial charge on any atom is 0.416 e. The van der Waals surface area contributed by atoms with Crippen molar-refractivity contribution < 1.29 is 27.4 Å². The van der Waals surface area contributed by atoms with Crippen molar-refractivity contribution >= 4 is 17.3 Å². The van der Waals surface area contributed by atoms with E-state index in [0.29, 0.717) is 22.7 Å². The van der Waals surface area contributed by atoms with Gasteiger partial charge in [-0.1, -0.05) is 6.07 Å². The smallest absolute Gasteiger partial charge is 0.416 e. The summed E-state index contributed by atoms with van der Waals surface area (Å²) in [6.45, 7) is 0. The lowest BCUT2D eigenvalue weighted by molar-refractivity contribution is -0.137. The number of ether oxygens (including phenoxy) is 2. The van der Waals surface area contributed by atoms with E-state index < -0.39 is 17.6 Å². The Bertz CT molecular complexity index is 820. The van der Waals surface area contributed by atoms with Gasteiger partial charge in [0.25, 0.3) is 0 Å². The molecule has 0 bridgehead atoms. The number of alkyl halides is 3. The van der Waals surface area contributed by atoms with Crippen molar-refractivity contribution in [1.82, 2.24) is 0 Å². The summed E-state index contributed by atoms with van der Waals surface area (Å²) in [6, 6.07) is 8.25. The number of nitrogens with zero attached hydrogens (tertiary/aromatic N) is 1. The van der Waals surface area contributed by atoms with Crippen LogP contribution in [-0.2, 0) is 17.4 Å². The summed E-state index contributed by atoms with van der Waals surface area (Å²) in [7, 11) is 6.35. The second-order valence-electron chi connectivity index (χ2n) is 6.04. The predicted molar refractivity (Wildman–Crippen MR) is 97.7 cm³/mol. The number of hydrogen-bond acceptors (Lipinski definition) is 4. The third-order valence-corrected chi connectivity index (χ3v) is 3.89. The highest BCUT2D eigenvalue weighted by atomic mass is 19.4. The number of methoxy groups -OCH3 is 2. The van der Waals surface area contributed by atoms with E-state index in [-0.39, 0.29) is 12.1 Å². The van der Waals surface area contributed by atoms with Crippen LogP contribution in [-0.4, -0.2) is 34.2 Å². The van der Waals surface area contributed by atoms with Gasteiger partial charge in [-0.05, 0) is 35.9 Å². The van der Waals surface area contributed by atoms with E-state index in [1.54, 1.807) is 37.2 Å². The summed E-state index contributed by atoms with van der Waals surface area (Å²) < 4.78 is 49.3. The molecular weight excluding hydrogens is 361 g/mol. The number of benzene rings is 2. The summed E-state index contributed by atoms with van der Waals surface area (Å²) in [5.74, 6) is 0.551. The molecule has 0 aliphatic rings. The van der Waals surface area contributed by atoms with E-state index in [2.05, 4.69) is 5.32 Å². The van der Waals surface area contributed by atoms with Crippen LogP contribution in [0.15, 0.2) is 36.4 Å². The van der Waals surface area contributed by atoms with Crippen LogP contribution in [0.3, 0.4) is 0 Å². The Morgan fingerprint density at radius 3 is 2.26 bits per heavy atom. The van der Waals surface area contributed by atoms with Gasteiger partial charge in [0.15, 0.2) is 11.5 Å². The number of hydrogen-bond donors (Lipinski definition) is 1. The van der Waals surface area contributed by atoms with Crippen LogP contribution in [0.1, 0.15) is 11.1 Å². The fourth-order valence-corrected chi connectivity index (χ4v) is 2.57. The van der Waals surface area contributed by atoms with Crippen molar-refractivity contribution in [2.75, 3.05) is 38.5 Å². The van der Waals surface area contributed by atoms with Gasteiger partial charge in [-0.3, -0.25) is 4.79 Å². The van der Waals surface area contributed by atoms with Crippen molar-refractivity contribution in [2.45, 2.75) is 12.6 Å². The molecule has 0 saturated carbocycles. The predicted octanol–water partition coefficient (Wildman–Crippen LogP) is 3.97. The fraction of sp³-hybridized carbons (Fsp3) is 0.316. The van der Waals surface area contributed by atoms with Crippen molar-refractivity contribution in [2.24, 2.45) is 0 Å². The van der Waals surface area contributed by atoms with Gasteiger partial charge in [0.2, 0.25) is 5.91 Å². The standard InChI is InChI=1S/C19H21F3N2O3/c1-24(2)15-7-6-13(19(20,21)22)11-14(15)23-18(25)10-12-5-8-16(26-3)17(9-12)27-4/h5-9,11H,10H2,1-4H3,(H,23,25). The molecule has 0 aliphatic carbocycles. The number of rotatable bonds is 6. The largest absolute Gasteiger partial charge is 0.493 e. The summed E-state index contributed by atoms with van der Waals surface area (Å²) in [4.78, 5) is 14.0. The van der Waals surface area contributed by atoms with Crippen LogP contribution in [0.4, 0.5) is 24.5 Å². The second kappa shape index (κ2) is 8.20. The van der Waals surface area contributed by atoms with E-state index in [1.165, 1.54) is 20.3 Å². The normalized spacial score (nSPS) is 11.1. The molecule has 2 aromatic rings. The van der Waals surface area contributed by atoms with Crippen LogP contribution in [0.2, 0.25) is 0 Å². The molecule has 27 heavy (non-hydrogen) atoms. The molecule has 0 heterocycles. The van der Waals surface area contributed by atoms with Gasteiger partial charge in [-0.2, -0.15) is 13.2 Å². The third kappa shape index (κ3) is 5.06. The lowest BCUT2D eigenvalue weighted by atomic mass is 10.1. The molecule has 0 fully saturated rings. The van der Waals surface area contributed by atoms with Gasteiger partial charge < -0.3 is 19.7 Å². The molecule has 1 amide bonds. The first kappa shape index (κ1) is 20.4. The van der Waals surface area contributed by atoms with E-state index in [4.69, 9.17) is 9.47 Å². The van der Waals surface area contributed by atoms with Crippen molar-refractivity contribution in [3.05, 3.63) is 47.5 Å². The summed E-state index contributed by atoms with van der Waals surface area (Å²) in [5, 5.41) is 2.57. The molecule has 0 atom stereocenters. The Morgan fingerprint density at radius 1 is 1.04 bits per heavy atom. The number of nitrogens with one attached hydrogen (secondary N) is 1. The topological polar surface area (TPSA) is 50.8 Å². The number of carbonyl (C=O) groups excluding carboxylic acids is 1. The van der Waals surface area contributed by atoms with E-state index in [1.807, 2.05) is 0 Å². The van der Waals surface area contributed by atoms with Crippen molar-refractivity contribution in [3.8, 4) is 11.5 Å². The van der Waals surface area contributed by atoms with E-state index in [0.717, 1.165) is 12.1 Å². The van der Waals surface area contributed by atoms with E-state index in [9.17, 15) is 18.0 Å². The Balaban J connectivity index is 2.24. The van der Waals surface area contributed by atoms with Crippen LogP contribution in [0.25, 0.3) is 0 Å². The number of anilines is 2. The maximum absolute atomic E-state index is 13.0. The molecule has 0 radical (unpaired) electrons. The zero-order valence-corrected chi connectivity index (χ0v) is 15.5. The first-order valence-electron chi connectivity index (χ1n) is 8.05. The Morgan fingerprint density at radius 2 is 1.70 bits per heavy atom. The summed E-state index contributed by atoms with van der Waals surface area (Å²) in [6.07, 6.45) is -4.52. The molecule has 2 rings (SSSR count). The Labute approximate surface area is 155 Å². The fourth-order valence-electron chi connectivity index (χ4n) is 2.57. The quantitative estimate of drug-likeness (QED) is 0.821. The lowest BCUT2D eigenvalue weighted by Gasteiger charge is -2.20. The average molecular weight is 382 g/mol. The minimum absolute atomic E-state index is 0.0243. The second-order valence-corrected chi connectivity index (χ2v) is 6.04. The van der Waals surface area contributed by atoms with Gasteiger partial charge in [0, 0.05) is 14.1 Å². The Hall–Kier alpha value is -2.90. The number of amides is 1. The van der Waals surface area contributed by atoms with Crippen molar-refractivity contribution in [1.29, 1.82) is 0 Å². The van der Waals surface area contributed by atoms with Crippen LogP contribution in [0.5, 0.6) is 11.5 Å². The molecule has 146 valence electrons. The molecule has 2 aromatic carbocycles. The van der Waals surface area contributed by atoms with Crippen LogP contribution in [0, 0.1) is 0 Å². The SMILES string of the molecule is COc1ccc(CC(=O)Nc2cc(C(F)(F)F)ccc2N(C)C)cc1OC. The van der Waals surface area contributed by atoms with Gasteiger partial charge in [-0.25, -0.2) is 0 Å². The molecular formula is C19H21F3N2O3. The lowest BCUT2D eigenvalue weighted by Crippen LogP contribution is -2.19. The van der Waals surface area contributed by atoms with Crippen LogP contribution >= 0.6 is 0 Å². The first-order valence-corrected chi connectivity index (χ1v) is 8.05. The molecule has 0 unspecified atom stereocenters. The Kier molecular flexibility index (Phi) is 6.20. The highest BCUT2D eigenvalue weighted by Crippen LogP contribution is 2.35. The average Bonchev–Trinajstić information content (AvgIpc) is 2.60. The molecule has 1 N–H and O–H groups in total. The minimum atomic E-state index is -4.49. The minimum Gasteiger partial charge on any atom is -0.493 e.